The number of carbonyl (C=O) groups is 1. The Morgan fingerprint density at radius 3 is 2.71 bits per heavy atom. The Kier molecular flexibility index (Phi) is 5.39. The lowest BCUT2D eigenvalue weighted by Crippen LogP contribution is -2.23. The molecule has 0 aliphatic carbocycles. The maximum absolute atomic E-state index is 13.5. The van der Waals surface area contributed by atoms with Gasteiger partial charge in [0.25, 0.3) is 5.91 Å². The molecule has 0 unspecified atom stereocenters. The van der Waals surface area contributed by atoms with Gasteiger partial charge < -0.3 is 5.32 Å². The normalized spacial score (nSPS) is 10.4. The van der Waals surface area contributed by atoms with Gasteiger partial charge in [-0.25, -0.2) is 4.39 Å². The molecule has 4 heteroatoms. The first-order valence-electron chi connectivity index (χ1n) is 6.87. The Balaban J connectivity index is 2.06. The van der Waals surface area contributed by atoms with E-state index < -0.39 is 0 Å². The Morgan fingerprint density at radius 1 is 1.24 bits per heavy atom. The van der Waals surface area contributed by atoms with Crippen molar-refractivity contribution >= 4 is 17.7 Å². The van der Waals surface area contributed by atoms with Crippen molar-refractivity contribution in [1.82, 2.24) is 5.32 Å². The van der Waals surface area contributed by atoms with Gasteiger partial charge in [-0.1, -0.05) is 31.2 Å². The first-order valence-corrected chi connectivity index (χ1v) is 7.85. The van der Waals surface area contributed by atoms with Crippen LogP contribution in [-0.2, 0) is 6.54 Å². The lowest BCUT2D eigenvalue weighted by atomic mass is 10.1. The summed E-state index contributed by atoms with van der Waals surface area (Å²) in [5.41, 5.74) is 2.03. The molecule has 21 heavy (non-hydrogen) atoms. The van der Waals surface area contributed by atoms with Gasteiger partial charge in [0.2, 0.25) is 0 Å². The lowest BCUT2D eigenvalue weighted by molar-refractivity contribution is 0.0948. The molecule has 0 aliphatic rings. The van der Waals surface area contributed by atoms with Crippen LogP contribution in [0, 0.1) is 12.7 Å². The summed E-state index contributed by atoms with van der Waals surface area (Å²) in [6, 6.07) is 12.5. The van der Waals surface area contributed by atoms with Crippen molar-refractivity contribution < 1.29 is 9.18 Å². The molecule has 2 rings (SSSR count). The molecule has 2 aromatic rings. The van der Waals surface area contributed by atoms with Gasteiger partial charge in [0, 0.05) is 11.4 Å². The Hall–Kier alpha value is -1.81. The van der Waals surface area contributed by atoms with E-state index in [9.17, 15) is 9.18 Å². The molecule has 0 spiro atoms. The Labute approximate surface area is 128 Å². The van der Waals surface area contributed by atoms with Gasteiger partial charge >= 0.3 is 0 Å². The molecular weight excluding hydrogens is 285 g/mol. The molecule has 1 N–H and O–H groups in total. The molecular formula is C17H18FNOS. The summed E-state index contributed by atoms with van der Waals surface area (Å²) in [7, 11) is 0. The predicted octanol–water partition coefficient (Wildman–Crippen LogP) is 4.18. The van der Waals surface area contributed by atoms with E-state index in [1.165, 1.54) is 6.07 Å². The molecule has 0 radical (unpaired) electrons. The molecule has 110 valence electrons. The highest BCUT2D eigenvalue weighted by molar-refractivity contribution is 7.99. The summed E-state index contributed by atoms with van der Waals surface area (Å²) in [4.78, 5) is 13.2. The van der Waals surface area contributed by atoms with Gasteiger partial charge in [-0.05, 0) is 42.0 Å². The molecule has 1 amide bonds. The van der Waals surface area contributed by atoms with Crippen LogP contribution in [0.25, 0.3) is 0 Å². The van der Waals surface area contributed by atoms with Gasteiger partial charge in [-0.2, -0.15) is 0 Å². The topological polar surface area (TPSA) is 29.1 Å². The first kappa shape index (κ1) is 15.6. The van der Waals surface area contributed by atoms with Crippen molar-refractivity contribution in [2.75, 3.05) is 5.75 Å². The zero-order valence-corrected chi connectivity index (χ0v) is 13.0. The van der Waals surface area contributed by atoms with E-state index in [2.05, 4.69) is 12.2 Å². The molecule has 0 aromatic heterocycles. The zero-order chi connectivity index (χ0) is 15.2. The summed E-state index contributed by atoms with van der Waals surface area (Å²) in [5.74, 6) is 0.532. The highest BCUT2D eigenvalue weighted by Crippen LogP contribution is 2.22. The van der Waals surface area contributed by atoms with Crippen LogP contribution in [0.2, 0.25) is 0 Å². The van der Waals surface area contributed by atoms with Crippen LogP contribution in [0.3, 0.4) is 0 Å². The summed E-state index contributed by atoms with van der Waals surface area (Å²) in [5, 5.41) is 2.84. The third-order valence-corrected chi connectivity index (χ3v) is 4.08. The summed E-state index contributed by atoms with van der Waals surface area (Å²) in [6.07, 6.45) is 0. The molecule has 0 atom stereocenters. The molecule has 0 saturated heterocycles. The Morgan fingerprint density at radius 2 is 2.00 bits per heavy atom. The van der Waals surface area contributed by atoms with Crippen LogP contribution < -0.4 is 5.32 Å². The number of nitrogens with one attached hydrogen (secondary N) is 1. The number of hydrogen-bond acceptors (Lipinski definition) is 2. The minimum absolute atomic E-state index is 0.132. The van der Waals surface area contributed by atoms with Gasteiger partial charge in [0.05, 0.1) is 5.56 Å². The first-order chi connectivity index (χ1) is 10.1. The summed E-state index contributed by atoms with van der Waals surface area (Å²) >= 11 is 1.64. The van der Waals surface area contributed by atoms with Crippen LogP contribution in [0.5, 0.6) is 0 Å². The van der Waals surface area contributed by atoms with E-state index >= 15 is 0 Å². The average molecular weight is 303 g/mol. The molecule has 0 saturated carbocycles. The second-order valence-electron chi connectivity index (χ2n) is 4.70. The van der Waals surface area contributed by atoms with Crippen LogP contribution in [0.4, 0.5) is 4.39 Å². The number of hydrogen-bond donors (Lipinski definition) is 1. The number of thioether (sulfide) groups is 1. The average Bonchev–Trinajstić information content (AvgIpc) is 2.49. The number of benzene rings is 2. The highest BCUT2D eigenvalue weighted by atomic mass is 32.2. The SMILES string of the molecule is CCSc1ccccc1C(=O)NCc1ccc(C)c(F)c1. The number of aryl methyl sites for hydroxylation is 1. The van der Waals surface area contributed by atoms with E-state index in [4.69, 9.17) is 0 Å². The van der Waals surface area contributed by atoms with Crippen molar-refractivity contribution in [3.05, 3.63) is 65.0 Å². The third-order valence-electron chi connectivity index (χ3n) is 3.12. The van der Waals surface area contributed by atoms with E-state index in [0.717, 1.165) is 16.2 Å². The Bertz CT molecular complexity index is 642. The van der Waals surface area contributed by atoms with E-state index in [1.807, 2.05) is 30.3 Å². The van der Waals surface area contributed by atoms with Gasteiger partial charge in [0.15, 0.2) is 0 Å². The number of carbonyl (C=O) groups excluding carboxylic acids is 1. The van der Waals surface area contributed by atoms with Crippen molar-refractivity contribution in [1.29, 1.82) is 0 Å². The van der Waals surface area contributed by atoms with E-state index in [-0.39, 0.29) is 11.7 Å². The molecule has 0 aliphatic heterocycles. The molecule has 2 aromatic carbocycles. The predicted molar refractivity (Wildman–Crippen MR) is 85.1 cm³/mol. The third kappa shape index (κ3) is 4.08. The van der Waals surface area contributed by atoms with Crippen molar-refractivity contribution in [3.63, 3.8) is 0 Å². The largest absolute Gasteiger partial charge is 0.348 e. The monoisotopic (exact) mass is 303 g/mol. The summed E-state index contributed by atoms with van der Waals surface area (Å²) < 4.78 is 13.5. The van der Waals surface area contributed by atoms with Crippen LogP contribution in [0.15, 0.2) is 47.4 Å². The van der Waals surface area contributed by atoms with Gasteiger partial charge in [-0.15, -0.1) is 11.8 Å². The zero-order valence-electron chi connectivity index (χ0n) is 12.2. The maximum Gasteiger partial charge on any atom is 0.252 e. The second kappa shape index (κ2) is 7.27. The quantitative estimate of drug-likeness (QED) is 0.840. The minimum atomic E-state index is -0.247. The van der Waals surface area contributed by atoms with E-state index in [0.29, 0.717) is 17.7 Å². The number of rotatable bonds is 5. The standard InChI is InChI=1S/C17H18FNOS/c1-3-21-16-7-5-4-6-14(16)17(20)19-11-13-9-8-12(2)15(18)10-13/h4-10H,3,11H2,1-2H3,(H,19,20). The fraction of sp³-hybridized carbons (Fsp3) is 0.235. The molecule has 2 nitrogen and oxygen atoms in total. The van der Waals surface area contributed by atoms with Crippen molar-refractivity contribution in [2.45, 2.75) is 25.3 Å². The van der Waals surface area contributed by atoms with Crippen LogP contribution in [0.1, 0.15) is 28.4 Å². The fourth-order valence-electron chi connectivity index (χ4n) is 1.96. The molecule has 0 bridgehead atoms. The van der Waals surface area contributed by atoms with Crippen LogP contribution >= 0.6 is 11.8 Å². The van der Waals surface area contributed by atoms with E-state index in [1.54, 1.807) is 24.8 Å². The number of halogens is 1. The second-order valence-corrected chi connectivity index (χ2v) is 6.00. The smallest absolute Gasteiger partial charge is 0.252 e. The maximum atomic E-state index is 13.5. The summed E-state index contributed by atoms with van der Waals surface area (Å²) in [6.45, 7) is 4.09. The number of amides is 1. The fourth-order valence-corrected chi connectivity index (χ4v) is 2.76. The molecule has 0 fully saturated rings. The van der Waals surface area contributed by atoms with Crippen molar-refractivity contribution in [2.24, 2.45) is 0 Å². The lowest BCUT2D eigenvalue weighted by Gasteiger charge is -2.09. The minimum Gasteiger partial charge on any atom is -0.348 e. The van der Waals surface area contributed by atoms with Crippen molar-refractivity contribution in [3.8, 4) is 0 Å². The van der Waals surface area contributed by atoms with Crippen LogP contribution in [-0.4, -0.2) is 11.7 Å². The molecule has 0 heterocycles. The highest BCUT2D eigenvalue weighted by Gasteiger charge is 2.10. The van der Waals surface area contributed by atoms with Gasteiger partial charge in [0.1, 0.15) is 5.82 Å². The van der Waals surface area contributed by atoms with Gasteiger partial charge in [-0.3, -0.25) is 4.79 Å².